The summed E-state index contributed by atoms with van der Waals surface area (Å²) >= 11 is 0. The Balaban J connectivity index is 1.27. The van der Waals surface area contributed by atoms with Crippen LogP contribution in [0, 0.1) is 22.2 Å². The lowest BCUT2D eigenvalue weighted by Crippen LogP contribution is -2.46. The first kappa shape index (κ1) is 14.5. The number of ether oxygens (including phenoxy) is 1. The fourth-order valence-electron chi connectivity index (χ4n) is 5.01. The average molecular weight is 303 g/mol. The highest BCUT2D eigenvalue weighted by Crippen LogP contribution is 2.71. The lowest BCUT2D eigenvalue weighted by atomic mass is 9.91. The lowest BCUT2D eigenvalue weighted by Gasteiger charge is -2.32. The molecule has 4 fully saturated rings. The zero-order chi connectivity index (χ0) is 15.2. The number of hydrogen-bond acceptors (Lipinski definition) is 4. The van der Waals surface area contributed by atoms with Crippen molar-refractivity contribution in [2.75, 3.05) is 26.2 Å². The minimum absolute atomic E-state index is 0.0178. The van der Waals surface area contributed by atoms with Gasteiger partial charge in [-0.25, -0.2) is 0 Å². The molecule has 2 aliphatic carbocycles. The van der Waals surface area contributed by atoms with E-state index >= 15 is 0 Å². The van der Waals surface area contributed by atoms with Crippen LogP contribution >= 0.6 is 0 Å². The molecule has 0 aromatic heterocycles. The molecule has 3 atom stereocenters. The molecular weight excluding hydrogens is 278 g/mol. The Morgan fingerprint density at radius 3 is 2.59 bits per heavy atom. The summed E-state index contributed by atoms with van der Waals surface area (Å²) in [5, 5.41) is 12.6. The number of nitrogens with zero attached hydrogens (tertiary/aromatic N) is 2. The summed E-state index contributed by atoms with van der Waals surface area (Å²) in [6.45, 7) is 3.49. The molecule has 22 heavy (non-hydrogen) atoms. The minimum atomic E-state index is -0.715. The topological polar surface area (TPSA) is 65.4 Å². The summed E-state index contributed by atoms with van der Waals surface area (Å²) in [7, 11) is 0. The van der Waals surface area contributed by atoms with E-state index in [0.717, 1.165) is 38.9 Å². The number of fused-ring (bicyclic) bond motifs is 2. The van der Waals surface area contributed by atoms with Gasteiger partial charge in [-0.3, -0.25) is 9.69 Å². The van der Waals surface area contributed by atoms with E-state index in [0.29, 0.717) is 18.8 Å². The van der Waals surface area contributed by atoms with E-state index in [2.05, 4.69) is 16.3 Å². The minimum Gasteiger partial charge on any atom is -0.372 e. The molecule has 3 unspecified atom stereocenters. The van der Waals surface area contributed by atoms with Gasteiger partial charge in [-0.2, -0.15) is 5.26 Å². The molecular formula is C17H25N3O2. The molecule has 2 bridgehead atoms. The number of carbonyl (C=O) groups excluding carboxylic acids is 1. The van der Waals surface area contributed by atoms with E-state index in [9.17, 15) is 10.1 Å². The van der Waals surface area contributed by atoms with Gasteiger partial charge in [0.1, 0.15) is 5.41 Å². The first-order valence-corrected chi connectivity index (χ1v) is 8.75. The number of nitrogens with one attached hydrogen (secondary N) is 1. The number of nitriles is 1. The van der Waals surface area contributed by atoms with Crippen molar-refractivity contribution < 1.29 is 9.53 Å². The van der Waals surface area contributed by atoms with Crippen molar-refractivity contribution in [2.45, 2.75) is 57.2 Å². The maximum Gasteiger partial charge on any atom is 0.241 e. The molecule has 4 aliphatic rings. The Labute approximate surface area is 132 Å². The van der Waals surface area contributed by atoms with Crippen LogP contribution in [0.25, 0.3) is 0 Å². The third-order valence-corrected chi connectivity index (χ3v) is 6.36. The van der Waals surface area contributed by atoms with Gasteiger partial charge in [-0.1, -0.05) is 12.8 Å². The summed E-state index contributed by atoms with van der Waals surface area (Å²) in [5.41, 5.74) is -0.697. The van der Waals surface area contributed by atoms with Crippen LogP contribution in [0.15, 0.2) is 0 Å². The van der Waals surface area contributed by atoms with Crippen LogP contribution < -0.4 is 5.32 Å². The molecule has 2 aliphatic heterocycles. The number of carbonyl (C=O) groups is 1. The van der Waals surface area contributed by atoms with Crippen LogP contribution in [-0.4, -0.2) is 49.2 Å². The largest absolute Gasteiger partial charge is 0.372 e. The van der Waals surface area contributed by atoms with Crippen molar-refractivity contribution >= 4 is 5.91 Å². The second-order valence-corrected chi connectivity index (χ2v) is 7.65. The van der Waals surface area contributed by atoms with Crippen molar-refractivity contribution in [2.24, 2.45) is 10.8 Å². The molecule has 2 heterocycles. The van der Waals surface area contributed by atoms with Crippen LogP contribution in [-0.2, 0) is 9.53 Å². The third-order valence-electron chi connectivity index (χ3n) is 6.36. The highest BCUT2D eigenvalue weighted by atomic mass is 16.5. The number of likely N-dealkylation sites (tertiary alicyclic amines) is 1. The summed E-state index contributed by atoms with van der Waals surface area (Å²) < 4.78 is 5.83. The van der Waals surface area contributed by atoms with E-state index in [-0.39, 0.29) is 11.3 Å². The normalized spacial score (nSPS) is 38.9. The monoisotopic (exact) mass is 303 g/mol. The fraction of sp³-hybridized carbons (Fsp3) is 0.882. The van der Waals surface area contributed by atoms with E-state index in [1.165, 1.54) is 25.7 Å². The molecule has 5 nitrogen and oxygen atoms in total. The zero-order valence-corrected chi connectivity index (χ0v) is 13.1. The third kappa shape index (κ3) is 2.16. The van der Waals surface area contributed by atoms with E-state index < -0.39 is 5.41 Å². The van der Waals surface area contributed by atoms with Gasteiger partial charge in [0.25, 0.3) is 0 Å². The molecule has 1 amide bonds. The van der Waals surface area contributed by atoms with E-state index in [1.807, 2.05) is 0 Å². The summed E-state index contributed by atoms with van der Waals surface area (Å²) in [4.78, 5) is 14.9. The SMILES string of the molecule is N#CC1(C(=O)NCCN2CC3CCC(C2)O3)CC12CCCC2. The number of hydrogen-bond donors (Lipinski definition) is 1. The second-order valence-electron chi connectivity index (χ2n) is 7.65. The van der Waals surface area contributed by atoms with Gasteiger partial charge >= 0.3 is 0 Å². The van der Waals surface area contributed by atoms with E-state index in [4.69, 9.17) is 4.74 Å². The molecule has 1 spiro atoms. The van der Waals surface area contributed by atoms with Crippen LogP contribution in [0.4, 0.5) is 0 Å². The molecule has 2 saturated heterocycles. The number of rotatable bonds is 4. The van der Waals surface area contributed by atoms with Gasteiger partial charge in [0.05, 0.1) is 18.3 Å². The van der Waals surface area contributed by atoms with Gasteiger partial charge in [-0.05, 0) is 32.1 Å². The van der Waals surface area contributed by atoms with Crippen molar-refractivity contribution in [1.29, 1.82) is 5.26 Å². The fourth-order valence-corrected chi connectivity index (χ4v) is 5.01. The molecule has 0 aromatic rings. The molecule has 2 saturated carbocycles. The van der Waals surface area contributed by atoms with Crippen molar-refractivity contribution in [3.8, 4) is 6.07 Å². The van der Waals surface area contributed by atoms with Crippen molar-refractivity contribution in [3.05, 3.63) is 0 Å². The Kier molecular flexibility index (Phi) is 3.43. The average Bonchev–Trinajstić information content (AvgIpc) is 2.78. The number of amides is 1. The Morgan fingerprint density at radius 1 is 1.27 bits per heavy atom. The molecule has 120 valence electrons. The lowest BCUT2D eigenvalue weighted by molar-refractivity contribution is -0.125. The van der Waals surface area contributed by atoms with Crippen LogP contribution in [0.5, 0.6) is 0 Å². The Hall–Kier alpha value is -1.12. The van der Waals surface area contributed by atoms with Crippen LogP contribution in [0.3, 0.4) is 0 Å². The maximum atomic E-state index is 12.5. The first-order chi connectivity index (χ1) is 10.7. The molecule has 0 radical (unpaired) electrons. The van der Waals surface area contributed by atoms with Crippen LogP contribution in [0.2, 0.25) is 0 Å². The highest BCUT2D eigenvalue weighted by Gasteiger charge is 2.72. The van der Waals surface area contributed by atoms with E-state index in [1.54, 1.807) is 0 Å². The smallest absolute Gasteiger partial charge is 0.241 e. The molecule has 1 N–H and O–H groups in total. The van der Waals surface area contributed by atoms with Gasteiger partial charge in [-0.15, -0.1) is 0 Å². The zero-order valence-electron chi connectivity index (χ0n) is 13.1. The molecule has 0 aromatic carbocycles. The van der Waals surface area contributed by atoms with Crippen molar-refractivity contribution in [1.82, 2.24) is 10.2 Å². The quantitative estimate of drug-likeness (QED) is 0.853. The summed E-state index contributed by atoms with van der Waals surface area (Å²) in [6.07, 6.45) is 8.38. The van der Waals surface area contributed by atoms with Gasteiger partial charge in [0.15, 0.2) is 0 Å². The molecule has 5 heteroatoms. The van der Waals surface area contributed by atoms with Gasteiger partial charge in [0, 0.05) is 31.6 Å². The summed E-state index contributed by atoms with van der Waals surface area (Å²) in [6, 6.07) is 2.35. The summed E-state index contributed by atoms with van der Waals surface area (Å²) in [5.74, 6) is -0.0202. The Morgan fingerprint density at radius 2 is 1.95 bits per heavy atom. The number of morpholine rings is 1. The first-order valence-electron chi connectivity index (χ1n) is 8.75. The van der Waals surface area contributed by atoms with Gasteiger partial charge < -0.3 is 10.1 Å². The predicted octanol–water partition coefficient (Wildman–Crippen LogP) is 1.44. The maximum absolute atomic E-state index is 12.5. The Bertz CT molecular complexity index is 497. The van der Waals surface area contributed by atoms with Gasteiger partial charge in [0.2, 0.25) is 5.91 Å². The van der Waals surface area contributed by atoms with Crippen LogP contribution in [0.1, 0.15) is 44.9 Å². The van der Waals surface area contributed by atoms with Crippen molar-refractivity contribution in [3.63, 3.8) is 0 Å². The predicted molar refractivity (Wildman–Crippen MR) is 80.9 cm³/mol. The second kappa shape index (κ2) is 5.21. The molecule has 4 rings (SSSR count). The standard InChI is InChI=1S/C17H25N3O2/c18-12-17(11-16(17)5-1-2-6-16)15(21)19-7-8-20-9-13-3-4-14(10-20)22-13/h13-14H,1-11H2,(H,19,21). The highest BCUT2D eigenvalue weighted by molar-refractivity contribution is 5.90.